The lowest BCUT2D eigenvalue weighted by molar-refractivity contribution is 0.249. The second kappa shape index (κ2) is 6.78. The van der Waals surface area contributed by atoms with E-state index in [1.165, 1.54) is 0 Å². The van der Waals surface area contributed by atoms with Crippen LogP contribution in [-0.2, 0) is 0 Å². The Bertz CT molecular complexity index is 624. The van der Waals surface area contributed by atoms with Gasteiger partial charge in [0.2, 0.25) is 0 Å². The number of hydrogen-bond acceptors (Lipinski definition) is 2. The summed E-state index contributed by atoms with van der Waals surface area (Å²) in [7, 11) is 0. The van der Waals surface area contributed by atoms with Crippen molar-refractivity contribution < 1.29 is 4.79 Å². The number of benzene rings is 1. The number of nitrogens with one attached hydrogen (secondary N) is 2. The van der Waals surface area contributed by atoms with Crippen LogP contribution < -0.4 is 10.6 Å². The summed E-state index contributed by atoms with van der Waals surface area (Å²) < 4.78 is 0. The first kappa shape index (κ1) is 15.6. The molecule has 0 radical (unpaired) electrons. The van der Waals surface area contributed by atoms with Gasteiger partial charge in [-0.2, -0.15) is 0 Å². The maximum atomic E-state index is 12.0. The van der Waals surface area contributed by atoms with Gasteiger partial charge >= 0.3 is 6.03 Å². The predicted octanol–water partition coefficient (Wildman–Crippen LogP) is 4.58. The highest BCUT2D eigenvalue weighted by Gasteiger charge is 2.11. The Balaban J connectivity index is 2.02. The van der Waals surface area contributed by atoms with Crippen LogP contribution in [0.5, 0.6) is 0 Å². The summed E-state index contributed by atoms with van der Waals surface area (Å²) in [4.78, 5) is 16.2. The van der Waals surface area contributed by atoms with E-state index in [1.54, 1.807) is 18.3 Å². The summed E-state index contributed by atoms with van der Waals surface area (Å²) in [6.45, 7) is 3.68. The molecule has 0 spiro atoms. The van der Waals surface area contributed by atoms with Gasteiger partial charge in [-0.1, -0.05) is 29.3 Å². The van der Waals surface area contributed by atoms with E-state index in [0.29, 0.717) is 15.7 Å². The van der Waals surface area contributed by atoms with Crippen LogP contribution in [0.4, 0.5) is 10.5 Å². The van der Waals surface area contributed by atoms with Crippen LogP contribution in [0.25, 0.3) is 0 Å². The van der Waals surface area contributed by atoms with E-state index in [4.69, 9.17) is 23.2 Å². The van der Waals surface area contributed by atoms with Crippen LogP contribution in [0.15, 0.2) is 36.5 Å². The molecule has 0 bridgehead atoms. The topological polar surface area (TPSA) is 54.0 Å². The van der Waals surface area contributed by atoms with Crippen LogP contribution in [0, 0.1) is 6.92 Å². The molecule has 4 nitrogen and oxygen atoms in total. The number of nitrogens with zero attached hydrogens (tertiary/aromatic N) is 1. The van der Waals surface area contributed by atoms with E-state index >= 15 is 0 Å². The first-order chi connectivity index (χ1) is 9.97. The SMILES string of the molecule is Cc1c(Cl)cc(NC(=O)NC(C)c2ccccn2)cc1Cl. The van der Waals surface area contributed by atoms with Gasteiger partial charge in [0, 0.05) is 21.9 Å². The summed E-state index contributed by atoms with van der Waals surface area (Å²) in [5.41, 5.74) is 2.11. The summed E-state index contributed by atoms with van der Waals surface area (Å²) in [5, 5.41) is 6.52. The van der Waals surface area contributed by atoms with Gasteiger partial charge in [0.15, 0.2) is 0 Å². The highest BCUT2D eigenvalue weighted by atomic mass is 35.5. The number of carbonyl (C=O) groups is 1. The fraction of sp³-hybridized carbons (Fsp3) is 0.200. The molecule has 0 aliphatic carbocycles. The normalized spacial score (nSPS) is 11.8. The van der Waals surface area contributed by atoms with E-state index < -0.39 is 0 Å². The Labute approximate surface area is 133 Å². The summed E-state index contributed by atoms with van der Waals surface area (Å²) in [5.74, 6) is 0. The molecule has 1 atom stereocenters. The summed E-state index contributed by atoms with van der Waals surface area (Å²) in [6.07, 6.45) is 1.69. The predicted molar refractivity (Wildman–Crippen MR) is 86.0 cm³/mol. The fourth-order valence-electron chi connectivity index (χ4n) is 1.79. The molecule has 0 aliphatic rings. The highest BCUT2D eigenvalue weighted by molar-refractivity contribution is 6.36. The lowest BCUT2D eigenvalue weighted by Crippen LogP contribution is -2.31. The smallest absolute Gasteiger partial charge is 0.319 e. The van der Waals surface area contributed by atoms with Gasteiger partial charge in [-0.15, -0.1) is 0 Å². The number of rotatable bonds is 3. The van der Waals surface area contributed by atoms with E-state index in [-0.39, 0.29) is 12.1 Å². The average molecular weight is 324 g/mol. The lowest BCUT2D eigenvalue weighted by atomic mass is 10.2. The first-order valence-corrected chi connectivity index (χ1v) is 7.17. The molecule has 0 fully saturated rings. The van der Waals surface area contributed by atoms with Gasteiger partial charge in [-0.05, 0) is 43.7 Å². The number of urea groups is 1. The van der Waals surface area contributed by atoms with Gasteiger partial charge in [-0.25, -0.2) is 4.79 Å². The number of aromatic nitrogens is 1. The van der Waals surface area contributed by atoms with E-state index in [2.05, 4.69) is 15.6 Å². The van der Waals surface area contributed by atoms with Gasteiger partial charge in [0.05, 0.1) is 11.7 Å². The molecule has 0 aliphatic heterocycles. The average Bonchev–Trinajstić information content (AvgIpc) is 2.45. The minimum Gasteiger partial charge on any atom is -0.330 e. The van der Waals surface area contributed by atoms with Gasteiger partial charge in [-0.3, -0.25) is 4.98 Å². The largest absolute Gasteiger partial charge is 0.330 e. The molecule has 1 heterocycles. The lowest BCUT2D eigenvalue weighted by Gasteiger charge is -2.14. The fourth-order valence-corrected chi connectivity index (χ4v) is 2.27. The van der Waals surface area contributed by atoms with Crippen molar-refractivity contribution in [2.45, 2.75) is 19.9 Å². The molecule has 1 unspecified atom stereocenters. The number of hydrogen-bond donors (Lipinski definition) is 2. The Morgan fingerprint density at radius 2 is 1.90 bits per heavy atom. The van der Waals surface area contributed by atoms with Crippen LogP contribution in [-0.4, -0.2) is 11.0 Å². The maximum Gasteiger partial charge on any atom is 0.319 e. The molecule has 1 aromatic carbocycles. The second-order valence-electron chi connectivity index (χ2n) is 4.64. The van der Waals surface area contributed by atoms with Gasteiger partial charge < -0.3 is 10.6 Å². The third kappa shape index (κ3) is 4.09. The number of pyridine rings is 1. The Hall–Kier alpha value is -1.78. The highest BCUT2D eigenvalue weighted by Crippen LogP contribution is 2.28. The molecule has 2 rings (SSSR count). The summed E-state index contributed by atoms with van der Waals surface area (Å²) >= 11 is 12.1. The van der Waals surface area contributed by atoms with Crippen molar-refractivity contribution in [2.75, 3.05) is 5.32 Å². The molecular formula is C15H15Cl2N3O. The Morgan fingerprint density at radius 3 is 2.48 bits per heavy atom. The number of anilines is 1. The van der Waals surface area contributed by atoms with Crippen molar-refractivity contribution in [3.8, 4) is 0 Å². The molecule has 2 aromatic rings. The second-order valence-corrected chi connectivity index (χ2v) is 5.45. The quantitative estimate of drug-likeness (QED) is 0.868. The minimum absolute atomic E-state index is 0.206. The van der Waals surface area contributed by atoms with E-state index in [0.717, 1.165) is 11.3 Å². The molecular weight excluding hydrogens is 309 g/mol. The minimum atomic E-state index is -0.343. The maximum absolute atomic E-state index is 12.0. The van der Waals surface area contributed by atoms with Crippen molar-refractivity contribution in [3.05, 3.63) is 57.8 Å². The summed E-state index contributed by atoms with van der Waals surface area (Å²) in [6, 6.07) is 8.32. The van der Waals surface area contributed by atoms with Crippen molar-refractivity contribution in [2.24, 2.45) is 0 Å². The zero-order valence-electron chi connectivity index (χ0n) is 11.7. The van der Waals surface area contributed by atoms with Gasteiger partial charge in [0.1, 0.15) is 0 Å². The van der Waals surface area contributed by atoms with Crippen LogP contribution in [0.2, 0.25) is 10.0 Å². The van der Waals surface area contributed by atoms with Crippen LogP contribution in [0.1, 0.15) is 24.2 Å². The van der Waals surface area contributed by atoms with Crippen molar-refractivity contribution in [3.63, 3.8) is 0 Å². The number of halogens is 2. The van der Waals surface area contributed by atoms with E-state index in [9.17, 15) is 4.79 Å². The zero-order chi connectivity index (χ0) is 15.4. The monoisotopic (exact) mass is 323 g/mol. The molecule has 2 N–H and O–H groups in total. The molecule has 0 saturated heterocycles. The Morgan fingerprint density at radius 1 is 1.24 bits per heavy atom. The molecule has 6 heteroatoms. The first-order valence-electron chi connectivity index (χ1n) is 6.41. The van der Waals surface area contributed by atoms with E-state index in [1.807, 2.05) is 32.0 Å². The molecule has 110 valence electrons. The third-order valence-corrected chi connectivity index (χ3v) is 3.80. The van der Waals surface area contributed by atoms with Crippen molar-refractivity contribution >= 4 is 34.9 Å². The Kier molecular flexibility index (Phi) is 5.04. The molecule has 21 heavy (non-hydrogen) atoms. The van der Waals surface area contributed by atoms with Crippen molar-refractivity contribution in [1.82, 2.24) is 10.3 Å². The molecule has 0 saturated carbocycles. The molecule has 1 aromatic heterocycles. The van der Waals surface area contributed by atoms with Crippen LogP contribution in [0.3, 0.4) is 0 Å². The zero-order valence-corrected chi connectivity index (χ0v) is 13.2. The number of amides is 2. The van der Waals surface area contributed by atoms with Crippen LogP contribution >= 0.6 is 23.2 Å². The standard InChI is InChI=1S/C15H15Cl2N3O/c1-9-12(16)7-11(8-13(9)17)20-15(21)19-10(2)14-5-3-4-6-18-14/h3-8,10H,1-2H3,(H2,19,20,21). The molecule has 2 amide bonds. The number of carbonyl (C=O) groups excluding carboxylic acids is 1. The van der Waals surface area contributed by atoms with Crippen molar-refractivity contribution in [1.29, 1.82) is 0 Å². The van der Waals surface area contributed by atoms with Gasteiger partial charge in [0.25, 0.3) is 0 Å². The third-order valence-electron chi connectivity index (χ3n) is 3.02.